The Kier molecular flexibility index (Phi) is 3.64. The largest absolute Gasteiger partial charge is 0.398 e. The van der Waals surface area contributed by atoms with E-state index in [2.05, 4.69) is 4.72 Å². The molecule has 3 N–H and O–H groups in total. The standard InChI is InChI=1S/C13H14N2O2S/c14-12-8-4-5-9-13(12)18(16,17)15-10-11-6-2-1-3-7-11/h1-9,15H,10,14H2. The molecule has 0 bridgehead atoms. The average Bonchev–Trinajstić information content (AvgIpc) is 2.38. The second-order valence-electron chi connectivity index (χ2n) is 3.85. The molecule has 0 aliphatic heterocycles. The zero-order valence-electron chi connectivity index (χ0n) is 9.71. The highest BCUT2D eigenvalue weighted by atomic mass is 32.2. The van der Waals surface area contributed by atoms with Crippen LogP contribution >= 0.6 is 0 Å². The molecular formula is C13H14N2O2S. The molecule has 4 nitrogen and oxygen atoms in total. The van der Waals surface area contributed by atoms with Crippen molar-refractivity contribution in [1.29, 1.82) is 0 Å². The van der Waals surface area contributed by atoms with E-state index >= 15 is 0 Å². The summed E-state index contributed by atoms with van der Waals surface area (Å²) in [6.45, 7) is 0.248. The van der Waals surface area contributed by atoms with Crippen molar-refractivity contribution in [2.24, 2.45) is 0 Å². The summed E-state index contributed by atoms with van der Waals surface area (Å²) < 4.78 is 26.6. The molecule has 0 heterocycles. The van der Waals surface area contributed by atoms with Crippen molar-refractivity contribution in [3.05, 3.63) is 60.2 Å². The van der Waals surface area contributed by atoms with Crippen molar-refractivity contribution >= 4 is 15.7 Å². The van der Waals surface area contributed by atoms with Gasteiger partial charge in [-0.05, 0) is 17.7 Å². The maximum atomic E-state index is 12.0. The van der Waals surface area contributed by atoms with Crippen LogP contribution in [0.2, 0.25) is 0 Å². The summed E-state index contributed by atoms with van der Waals surface area (Å²) in [5, 5.41) is 0. The number of para-hydroxylation sites is 1. The van der Waals surface area contributed by atoms with E-state index in [9.17, 15) is 8.42 Å². The molecule has 2 aromatic rings. The van der Waals surface area contributed by atoms with E-state index in [4.69, 9.17) is 5.73 Å². The summed E-state index contributed by atoms with van der Waals surface area (Å²) in [5.41, 5.74) is 6.80. The molecular weight excluding hydrogens is 248 g/mol. The number of anilines is 1. The minimum atomic E-state index is -3.56. The van der Waals surface area contributed by atoms with Crippen LogP contribution < -0.4 is 10.5 Å². The third-order valence-electron chi connectivity index (χ3n) is 2.52. The van der Waals surface area contributed by atoms with E-state index in [0.717, 1.165) is 5.56 Å². The van der Waals surface area contributed by atoms with E-state index in [0.29, 0.717) is 0 Å². The van der Waals surface area contributed by atoms with Crippen molar-refractivity contribution < 1.29 is 8.42 Å². The van der Waals surface area contributed by atoms with Gasteiger partial charge in [-0.2, -0.15) is 0 Å². The van der Waals surface area contributed by atoms with Gasteiger partial charge in [-0.1, -0.05) is 42.5 Å². The highest BCUT2D eigenvalue weighted by Crippen LogP contribution is 2.17. The molecule has 0 amide bonds. The van der Waals surface area contributed by atoms with E-state index in [1.165, 1.54) is 6.07 Å². The number of hydrogen-bond donors (Lipinski definition) is 2. The van der Waals surface area contributed by atoms with Gasteiger partial charge in [0.15, 0.2) is 0 Å². The Morgan fingerprint density at radius 3 is 2.22 bits per heavy atom. The zero-order chi connectivity index (χ0) is 13.0. The third-order valence-corrected chi connectivity index (χ3v) is 3.99. The molecule has 5 heteroatoms. The van der Waals surface area contributed by atoms with Crippen LogP contribution in [0.15, 0.2) is 59.5 Å². The Bertz CT molecular complexity index is 624. The van der Waals surface area contributed by atoms with E-state index in [1.54, 1.807) is 18.2 Å². The third kappa shape index (κ3) is 2.88. The number of sulfonamides is 1. The van der Waals surface area contributed by atoms with Crippen molar-refractivity contribution in [2.75, 3.05) is 5.73 Å². The lowest BCUT2D eigenvalue weighted by Crippen LogP contribution is -2.24. The highest BCUT2D eigenvalue weighted by Gasteiger charge is 2.15. The number of hydrogen-bond acceptors (Lipinski definition) is 3. The topological polar surface area (TPSA) is 72.2 Å². The van der Waals surface area contributed by atoms with Crippen LogP contribution in [0, 0.1) is 0 Å². The number of rotatable bonds is 4. The maximum absolute atomic E-state index is 12.0. The Morgan fingerprint density at radius 1 is 0.944 bits per heavy atom. The number of nitrogens with one attached hydrogen (secondary N) is 1. The van der Waals surface area contributed by atoms with Gasteiger partial charge in [0.25, 0.3) is 0 Å². The van der Waals surface area contributed by atoms with Crippen LogP contribution in [-0.2, 0) is 16.6 Å². The van der Waals surface area contributed by atoms with Crippen molar-refractivity contribution in [3.8, 4) is 0 Å². The molecule has 0 aromatic heterocycles. The summed E-state index contributed by atoms with van der Waals surface area (Å²) >= 11 is 0. The molecule has 0 atom stereocenters. The van der Waals surface area contributed by atoms with Crippen LogP contribution in [0.25, 0.3) is 0 Å². The maximum Gasteiger partial charge on any atom is 0.242 e. The van der Waals surface area contributed by atoms with Crippen LogP contribution in [0.3, 0.4) is 0 Å². The van der Waals surface area contributed by atoms with Gasteiger partial charge in [-0.3, -0.25) is 0 Å². The molecule has 0 fully saturated rings. The van der Waals surface area contributed by atoms with E-state index < -0.39 is 10.0 Å². The summed E-state index contributed by atoms with van der Waals surface area (Å²) in [6.07, 6.45) is 0. The quantitative estimate of drug-likeness (QED) is 0.824. The molecule has 0 aliphatic rings. The molecule has 94 valence electrons. The van der Waals surface area contributed by atoms with Gasteiger partial charge in [0.05, 0.1) is 5.69 Å². The first-order chi connectivity index (χ1) is 8.59. The summed E-state index contributed by atoms with van der Waals surface area (Å²) in [4.78, 5) is 0.112. The van der Waals surface area contributed by atoms with Crippen LogP contribution in [0.1, 0.15) is 5.56 Å². The van der Waals surface area contributed by atoms with Gasteiger partial charge in [-0.15, -0.1) is 0 Å². The van der Waals surface area contributed by atoms with Crippen molar-refractivity contribution in [2.45, 2.75) is 11.4 Å². The normalized spacial score (nSPS) is 11.3. The Hall–Kier alpha value is -1.85. The molecule has 0 unspecified atom stereocenters. The zero-order valence-corrected chi connectivity index (χ0v) is 10.5. The fraction of sp³-hybridized carbons (Fsp3) is 0.0769. The second-order valence-corrected chi connectivity index (χ2v) is 5.58. The van der Waals surface area contributed by atoms with Crippen molar-refractivity contribution in [1.82, 2.24) is 4.72 Å². The fourth-order valence-electron chi connectivity index (χ4n) is 1.58. The lowest BCUT2D eigenvalue weighted by atomic mass is 10.2. The predicted molar refractivity (Wildman–Crippen MR) is 71.3 cm³/mol. The fourth-order valence-corrected chi connectivity index (χ4v) is 2.73. The molecule has 0 spiro atoms. The minimum Gasteiger partial charge on any atom is -0.398 e. The number of nitrogen functional groups attached to an aromatic ring is 1. The monoisotopic (exact) mass is 262 g/mol. The molecule has 2 rings (SSSR count). The van der Waals surface area contributed by atoms with Gasteiger partial charge < -0.3 is 5.73 Å². The summed E-state index contributed by atoms with van der Waals surface area (Å²) in [7, 11) is -3.56. The number of benzene rings is 2. The van der Waals surface area contributed by atoms with E-state index in [1.807, 2.05) is 30.3 Å². The Labute approximate surface area is 107 Å². The van der Waals surface area contributed by atoms with Crippen molar-refractivity contribution in [3.63, 3.8) is 0 Å². The first-order valence-electron chi connectivity index (χ1n) is 5.48. The Morgan fingerprint density at radius 2 is 1.56 bits per heavy atom. The molecule has 0 saturated heterocycles. The molecule has 2 aromatic carbocycles. The Balaban J connectivity index is 2.16. The molecule has 0 aliphatic carbocycles. The molecule has 18 heavy (non-hydrogen) atoms. The van der Waals surface area contributed by atoms with E-state index in [-0.39, 0.29) is 17.1 Å². The van der Waals surface area contributed by atoms with Gasteiger partial charge in [0.1, 0.15) is 4.90 Å². The minimum absolute atomic E-state index is 0.112. The average molecular weight is 262 g/mol. The predicted octanol–water partition coefficient (Wildman–Crippen LogP) is 1.75. The van der Waals surface area contributed by atoms with Crippen LogP contribution in [-0.4, -0.2) is 8.42 Å². The van der Waals surface area contributed by atoms with Crippen LogP contribution in [0.5, 0.6) is 0 Å². The first-order valence-corrected chi connectivity index (χ1v) is 6.96. The summed E-state index contributed by atoms with van der Waals surface area (Å²) in [5.74, 6) is 0. The first kappa shape index (κ1) is 12.6. The highest BCUT2D eigenvalue weighted by molar-refractivity contribution is 7.89. The molecule has 0 saturated carbocycles. The van der Waals surface area contributed by atoms with Gasteiger partial charge >= 0.3 is 0 Å². The lowest BCUT2D eigenvalue weighted by molar-refractivity contribution is 0.582. The number of nitrogens with two attached hydrogens (primary N) is 1. The molecule has 0 radical (unpaired) electrons. The lowest BCUT2D eigenvalue weighted by Gasteiger charge is -2.08. The second kappa shape index (κ2) is 5.20. The van der Waals surface area contributed by atoms with Gasteiger partial charge in [-0.25, -0.2) is 13.1 Å². The smallest absolute Gasteiger partial charge is 0.242 e. The SMILES string of the molecule is Nc1ccccc1S(=O)(=O)NCc1ccccc1. The summed E-state index contributed by atoms with van der Waals surface area (Å²) in [6, 6.07) is 15.7. The van der Waals surface area contributed by atoms with Gasteiger partial charge in [0, 0.05) is 6.54 Å². The van der Waals surface area contributed by atoms with Gasteiger partial charge in [0.2, 0.25) is 10.0 Å². The van der Waals surface area contributed by atoms with Crippen LogP contribution in [0.4, 0.5) is 5.69 Å².